The summed E-state index contributed by atoms with van der Waals surface area (Å²) in [7, 11) is 0. The second-order valence-corrected chi connectivity index (χ2v) is 6.39. The topological polar surface area (TPSA) is 20.2 Å². The summed E-state index contributed by atoms with van der Waals surface area (Å²) in [5, 5.41) is 9.82. The van der Waals surface area contributed by atoms with Crippen LogP contribution in [0.25, 0.3) is 0 Å². The third-order valence-electron chi connectivity index (χ3n) is 2.87. The molecule has 0 spiro atoms. The van der Waals surface area contributed by atoms with Gasteiger partial charge in [-0.15, -0.1) is 0 Å². The lowest BCUT2D eigenvalue weighted by Crippen LogP contribution is -2.37. The van der Waals surface area contributed by atoms with E-state index in [0.29, 0.717) is 0 Å². The predicted molar refractivity (Wildman–Crippen MR) is 68.6 cm³/mol. The zero-order chi connectivity index (χ0) is 13.5. The molecule has 0 aliphatic heterocycles. The van der Waals surface area contributed by atoms with E-state index in [4.69, 9.17) is 0 Å². The lowest BCUT2D eigenvalue weighted by Gasteiger charge is -2.29. The maximum absolute atomic E-state index is 13.2. The van der Waals surface area contributed by atoms with Crippen molar-refractivity contribution in [1.29, 1.82) is 0 Å². The van der Waals surface area contributed by atoms with E-state index in [1.165, 1.54) is 12.1 Å². The third kappa shape index (κ3) is 3.05. The van der Waals surface area contributed by atoms with Gasteiger partial charge in [-0.25, -0.2) is 0 Å². The highest BCUT2D eigenvalue weighted by Crippen LogP contribution is 2.42. The zero-order valence-electron chi connectivity index (χ0n) is 10.4. The van der Waals surface area contributed by atoms with Crippen molar-refractivity contribution in [3.05, 3.63) is 35.4 Å². The number of halogens is 3. The smallest absolute Gasteiger partial charge is 0.333 e. The van der Waals surface area contributed by atoms with Crippen molar-refractivity contribution < 1.29 is 13.9 Å². The second-order valence-electron chi connectivity index (χ2n) is 5.40. The van der Waals surface area contributed by atoms with Crippen LogP contribution in [0.1, 0.15) is 38.8 Å². The molecule has 1 rings (SSSR count). The Hall–Kier alpha value is -0.480. The van der Waals surface area contributed by atoms with Gasteiger partial charge in [-0.1, -0.05) is 45.0 Å². The lowest BCUT2D eigenvalue weighted by atomic mass is 9.85. The van der Waals surface area contributed by atoms with Crippen LogP contribution in [0.5, 0.6) is 0 Å². The molecule has 0 saturated carbocycles. The molecular formula is C13H17BrF2O. The summed E-state index contributed by atoms with van der Waals surface area (Å²) >= 11 is 2.21. The van der Waals surface area contributed by atoms with Gasteiger partial charge in [0.05, 0.1) is 0 Å². The Kier molecular flexibility index (Phi) is 3.71. The second kappa shape index (κ2) is 4.32. The third-order valence-corrected chi connectivity index (χ3v) is 3.64. The van der Waals surface area contributed by atoms with Gasteiger partial charge in [-0.05, 0) is 39.4 Å². The summed E-state index contributed by atoms with van der Waals surface area (Å²) in [6, 6.07) is 6.61. The van der Waals surface area contributed by atoms with Crippen LogP contribution >= 0.6 is 15.9 Å². The van der Waals surface area contributed by atoms with E-state index in [9.17, 15) is 13.9 Å². The van der Waals surface area contributed by atoms with Crippen molar-refractivity contribution in [2.24, 2.45) is 0 Å². The number of hydrogen-bond acceptors (Lipinski definition) is 1. The molecule has 1 aromatic rings. The average Bonchev–Trinajstić information content (AvgIpc) is 2.15. The van der Waals surface area contributed by atoms with Crippen LogP contribution in [-0.4, -0.2) is 9.94 Å². The molecule has 1 atom stereocenters. The molecule has 1 aromatic carbocycles. The highest BCUT2D eigenvalue weighted by molar-refractivity contribution is 9.10. The number of benzene rings is 1. The molecule has 0 bridgehead atoms. The quantitative estimate of drug-likeness (QED) is 0.813. The first kappa shape index (κ1) is 14.6. The Bertz CT molecular complexity index is 385. The van der Waals surface area contributed by atoms with E-state index < -0.39 is 10.4 Å². The molecule has 96 valence electrons. The Morgan fingerprint density at radius 1 is 0.941 bits per heavy atom. The van der Waals surface area contributed by atoms with Crippen molar-refractivity contribution in [3.8, 4) is 0 Å². The van der Waals surface area contributed by atoms with E-state index in [1.807, 2.05) is 20.8 Å². The zero-order valence-corrected chi connectivity index (χ0v) is 12.0. The van der Waals surface area contributed by atoms with Gasteiger partial charge in [0.25, 0.3) is 0 Å². The van der Waals surface area contributed by atoms with Crippen molar-refractivity contribution in [2.45, 2.75) is 43.5 Å². The van der Waals surface area contributed by atoms with Crippen LogP contribution in [-0.2, 0) is 11.0 Å². The minimum atomic E-state index is -3.36. The van der Waals surface area contributed by atoms with Crippen molar-refractivity contribution in [1.82, 2.24) is 0 Å². The maximum Gasteiger partial charge on any atom is 0.333 e. The van der Waals surface area contributed by atoms with Crippen LogP contribution in [0, 0.1) is 0 Å². The molecule has 1 N–H and O–H groups in total. The summed E-state index contributed by atoms with van der Waals surface area (Å²) in [4.78, 5) is -3.36. The average molecular weight is 307 g/mol. The highest BCUT2D eigenvalue weighted by atomic mass is 79.9. The fourth-order valence-corrected chi connectivity index (χ4v) is 1.69. The number of aliphatic hydroxyl groups is 1. The van der Waals surface area contributed by atoms with E-state index in [-0.39, 0.29) is 11.0 Å². The largest absolute Gasteiger partial charge is 0.378 e. The minimum absolute atomic E-state index is 0.0404. The van der Waals surface area contributed by atoms with Crippen LogP contribution in [0.4, 0.5) is 8.78 Å². The molecule has 0 aliphatic rings. The monoisotopic (exact) mass is 306 g/mol. The van der Waals surface area contributed by atoms with Crippen LogP contribution < -0.4 is 0 Å². The van der Waals surface area contributed by atoms with Gasteiger partial charge in [0.2, 0.25) is 0 Å². The van der Waals surface area contributed by atoms with Crippen molar-refractivity contribution >= 4 is 15.9 Å². The Morgan fingerprint density at radius 2 is 1.29 bits per heavy atom. The van der Waals surface area contributed by atoms with E-state index in [1.54, 1.807) is 12.1 Å². The first-order chi connectivity index (χ1) is 7.46. The minimum Gasteiger partial charge on any atom is -0.378 e. The number of rotatable bonds is 2. The molecule has 17 heavy (non-hydrogen) atoms. The van der Waals surface area contributed by atoms with Gasteiger partial charge in [0.15, 0.2) is 5.60 Å². The first-order valence-corrected chi connectivity index (χ1v) is 6.15. The Balaban J connectivity index is 3.12. The Labute approximate surface area is 109 Å². The molecule has 0 fully saturated rings. The van der Waals surface area contributed by atoms with Crippen molar-refractivity contribution in [2.75, 3.05) is 0 Å². The van der Waals surface area contributed by atoms with Gasteiger partial charge in [-0.2, -0.15) is 8.78 Å². The molecular weight excluding hydrogens is 290 g/mol. The molecule has 1 unspecified atom stereocenters. The summed E-state index contributed by atoms with van der Waals surface area (Å²) in [6.07, 6.45) is 0. The van der Waals surface area contributed by atoms with Gasteiger partial charge in [-0.3, -0.25) is 0 Å². The molecule has 0 radical (unpaired) electrons. The van der Waals surface area contributed by atoms with E-state index >= 15 is 0 Å². The summed E-state index contributed by atoms with van der Waals surface area (Å²) < 4.78 is 26.4. The number of alkyl halides is 3. The fraction of sp³-hybridized carbons (Fsp3) is 0.538. The first-order valence-electron chi connectivity index (χ1n) is 5.36. The molecule has 1 nitrogen and oxygen atoms in total. The van der Waals surface area contributed by atoms with Gasteiger partial charge in [0.1, 0.15) is 0 Å². The standard InChI is InChI=1S/C13H17BrF2O/c1-11(2,3)9-5-7-10(8-6-9)12(4,17)13(14,15)16/h5-8,17H,1-4H3. The summed E-state index contributed by atoms with van der Waals surface area (Å²) in [5.41, 5.74) is -1.03. The SMILES string of the molecule is CC(C)(C)c1ccc(C(C)(O)C(F)(F)Br)cc1. The maximum atomic E-state index is 13.2. The number of hydrogen-bond donors (Lipinski definition) is 1. The van der Waals surface area contributed by atoms with Gasteiger partial charge < -0.3 is 5.11 Å². The fourth-order valence-electron chi connectivity index (χ4n) is 1.46. The molecule has 0 aliphatic carbocycles. The van der Waals surface area contributed by atoms with Gasteiger partial charge in [0, 0.05) is 0 Å². The molecule has 4 heteroatoms. The normalized spacial score (nSPS) is 16.7. The van der Waals surface area contributed by atoms with E-state index in [2.05, 4.69) is 15.9 Å². The molecule has 0 aromatic heterocycles. The van der Waals surface area contributed by atoms with Crippen LogP contribution in [0.3, 0.4) is 0 Å². The van der Waals surface area contributed by atoms with Gasteiger partial charge >= 0.3 is 4.83 Å². The molecule has 0 amide bonds. The summed E-state index contributed by atoms with van der Waals surface area (Å²) in [5.74, 6) is 0. The van der Waals surface area contributed by atoms with Crippen LogP contribution in [0.15, 0.2) is 24.3 Å². The van der Waals surface area contributed by atoms with Crippen molar-refractivity contribution in [3.63, 3.8) is 0 Å². The van der Waals surface area contributed by atoms with E-state index in [0.717, 1.165) is 12.5 Å². The lowest BCUT2D eigenvalue weighted by molar-refractivity contribution is -0.109. The highest BCUT2D eigenvalue weighted by Gasteiger charge is 2.48. The molecule has 0 saturated heterocycles. The van der Waals surface area contributed by atoms with Crippen LogP contribution in [0.2, 0.25) is 0 Å². The summed E-state index contributed by atoms with van der Waals surface area (Å²) in [6.45, 7) is 7.21. The molecule has 0 heterocycles. The predicted octanol–water partition coefficient (Wildman–Crippen LogP) is 4.18. The Morgan fingerprint density at radius 3 is 1.59 bits per heavy atom.